The van der Waals surface area contributed by atoms with Crippen LogP contribution in [-0.4, -0.2) is 18.4 Å². The molecule has 0 aromatic rings. The smallest absolute Gasteiger partial charge is 0.316 e. The molecule has 0 heterocycles. The van der Waals surface area contributed by atoms with E-state index in [9.17, 15) is 9.59 Å². The minimum Gasteiger partial charge on any atom is -0.465 e. The molecule has 0 N–H and O–H groups in total. The number of carbonyl (C=O) groups excluding carboxylic acids is 2. The maximum Gasteiger partial charge on any atom is 0.316 e. The van der Waals surface area contributed by atoms with Gasteiger partial charge in [-0.15, -0.1) is 0 Å². The lowest BCUT2D eigenvalue weighted by molar-refractivity contribution is -0.151. The molecule has 0 unspecified atom stereocenters. The van der Waals surface area contributed by atoms with Crippen molar-refractivity contribution in [1.29, 1.82) is 0 Å². The molecule has 0 aliphatic rings. The van der Waals surface area contributed by atoms with Crippen molar-refractivity contribution in [1.82, 2.24) is 0 Å². The Balaban J connectivity index is 3.90. The molecule has 3 nitrogen and oxygen atoms in total. The third-order valence-corrected chi connectivity index (χ3v) is 3.16. The van der Waals surface area contributed by atoms with Gasteiger partial charge in [-0.05, 0) is 25.7 Å². The molecule has 0 aromatic carbocycles. The van der Waals surface area contributed by atoms with Crippen molar-refractivity contribution in [2.24, 2.45) is 11.8 Å². The van der Waals surface area contributed by atoms with E-state index in [4.69, 9.17) is 4.74 Å². The van der Waals surface area contributed by atoms with E-state index in [1.807, 2.05) is 6.92 Å². The van der Waals surface area contributed by atoms with E-state index in [-0.39, 0.29) is 11.8 Å². The van der Waals surface area contributed by atoms with E-state index in [1.165, 1.54) is 0 Å². The summed E-state index contributed by atoms with van der Waals surface area (Å²) in [5.74, 6) is -0.419. The van der Waals surface area contributed by atoms with Gasteiger partial charge in [0.2, 0.25) is 0 Å². The van der Waals surface area contributed by atoms with Crippen LogP contribution in [-0.2, 0) is 14.3 Å². The minimum atomic E-state index is -0.601. The lowest BCUT2D eigenvalue weighted by Crippen LogP contribution is -2.24. The third kappa shape index (κ3) is 7.14. The average Bonchev–Trinajstić information content (AvgIpc) is 2.34. The van der Waals surface area contributed by atoms with Crippen molar-refractivity contribution in [2.45, 2.75) is 59.8 Å². The fourth-order valence-electron chi connectivity index (χ4n) is 1.38. The Morgan fingerprint density at radius 3 is 2.35 bits per heavy atom. The third-order valence-electron chi connectivity index (χ3n) is 3.16. The van der Waals surface area contributed by atoms with Gasteiger partial charge in [0.25, 0.3) is 0 Å². The Morgan fingerprint density at radius 1 is 1.18 bits per heavy atom. The first-order valence-corrected chi connectivity index (χ1v) is 6.72. The second-order valence-electron chi connectivity index (χ2n) is 4.76. The van der Waals surface area contributed by atoms with Gasteiger partial charge in [0, 0.05) is 6.42 Å². The number of ketones is 1. The molecule has 0 fully saturated rings. The molecule has 0 rings (SSSR count). The number of unbranched alkanes of at least 4 members (excludes halogenated alkanes) is 1. The highest BCUT2D eigenvalue weighted by molar-refractivity contribution is 5.98. The van der Waals surface area contributed by atoms with Gasteiger partial charge in [0.15, 0.2) is 0 Å². The summed E-state index contributed by atoms with van der Waals surface area (Å²) in [7, 11) is 0. The Hall–Kier alpha value is -0.860. The summed E-state index contributed by atoms with van der Waals surface area (Å²) in [6, 6.07) is 0. The van der Waals surface area contributed by atoms with Crippen LogP contribution in [0.5, 0.6) is 0 Å². The molecule has 0 aliphatic heterocycles. The zero-order valence-corrected chi connectivity index (χ0v) is 11.6. The summed E-state index contributed by atoms with van der Waals surface area (Å²) in [6.45, 7) is 8.34. The predicted molar refractivity (Wildman–Crippen MR) is 68.7 cm³/mol. The number of hydrogen-bond acceptors (Lipinski definition) is 3. The summed E-state index contributed by atoms with van der Waals surface area (Å²) in [5, 5.41) is 0. The molecule has 0 saturated carbocycles. The molecular weight excluding hydrogens is 216 g/mol. The molecule has 3 heteroatoms. The minimum absolute atomic E-state index is 0.00629. The van der Waals surface area contributed by atoms with E-state index in [0.29, 0.717) is 18.9 Å². The maximum absolute atomic E-state index is 11.7. The Bertz CT molecular complexity index is 236. The van der Waals surface area contributed by atoms with E-state index in [1.54, 1.807) is 6.92 Å². The molecule has 2 atom stereocenters. The van der Waals surface area contributed by atoms with E-state index in [2.05, 4.69) is 13.8 Å². The molecule has 0 aliphatic carbocycles. The van der Waals surface area contributed by atoms with Crippen LogP contribution in [0.3, 0.4) is 0 Å². The van der Waals surface area contributed by atoms with Gasteiger partial charge < -0.3 is 4.74 Å². The Labute approximate surface area is 105 Å². The summed E-state index contributed by atoms with van der Waals surface area (Å²) in [4.78, 5) is 23.3. The summed E-state index contributed by atoms with van der Waals surface area (Å²) >= 11 is 0. The molecule has 0 spiro atoms. The monoisotopic (exact) mass is 242 g/mol. The number of Topliss-reactive ketones (excluding diaryl/α,β-unsaturated/α-hetero) is 1. The standard InChI is InChI=1S/C14H26O3/c1-5-7-10-17-14(16)12(4)13(15)9-8-11(3)6-2/h11-12H,5-10H2,1-4H3/t11-,12-/m0/s1. The first-order valence-electron chi connectivity index (χ1n) is 6.72. The van der Waals surface area contributed by atoms with Gasteiger partial charge in [-0.1, -0.05) is 33.6 Å². The molecule has 0 radical (unpaired) electrons. The van der Waals surface area contributed by atoms with Crippen LogP contribution in [0.1, 0.15) is 59.8 Å². The lowest BCUT2D eigenvalue weighted by Gasteiger charge is -2.12. The highest BCUT2D eigenvalue weighted by Crippen LogP contribution is 2.13. The number of rotatable bonds is 9. The number of esters is 1. The van der Waals surface area contributed by atoms with Crippen LogP contribution in [0.2, 0.25) is 0 Å². The Kier molecular flexibility index (Phi) is 8.73. The molecule has 0 bridgehead atoms. The molecule has 0 saturated heterocycles. The van der Waals surface area contributed by atoms with Crippen LogP contribution in [0.25, 0.3) is 0 Å². The van der Waals surface area contributed by atoms with Gasteiger partial charge >= 0.3 is 5.97 Å². The second-order valence-corrected chi connectivity index (χ2v) is 4.76. The molecular formula is C14H26O3. The van der Waals surface area contributed by atoms with Crippen molar-refractivity contribution in [3.05, 3.63) is 0 Å². The van der Waals surface area contributed by atoms with Gasteiger partial charge in [-0.3, -0.25) is 9.59 Å². The van der Waals surface area contributed by atoms with Crippen LogP contribution >= 0.6 is 0 Å². The van der Waals surface area contributed by atoms with Crippen LogP contribution < -0.4 is 0 Å². The van der Waals surface area contributed by atoms with Crippen molar-refractivity contribution < 1.29 is 14.3 Å². The van der Waals surface area contributed by atoms with Gasteiger partial charge in [-0.2, -0.15) is 0 Å². The predicted octanol–water partition coefficient (Wildman–Crippen LogP) is 3.36. The highest BCUT2D eigenvalue weighted by Gasteiger charge is 2.22. The molecule has 0 amide bonds. The van der Waals surface area contributed by atoms with E-state index in [0.717, 1.165) is 25.7 Å². The number of hydrogen-bond donors (Lipinski definition) is 0. The number of ether oxygens (including phenoxy) is 1. The lowest BCUT2D eigenvalue weighted by atomic mass is 9.96. The van der Waals surface area contributed by atoms with Crippen molar-refractivity contribution in [2.75, 3.05) is 6.61 Å². The fraction of sp³-hybridized carbons (Fsp3) is 0.857. The fourth-order valence-corrected chi connectivity index (χ4v) is 1.38. The number of carbonyl (C=O) groups is 2. The summed E-state index contributed by atoms with van der Waals surface area (Å²) < 4.78 is 5.04. The quantitative estimate of drug-likeness (QED) is 0.354. The zero-order valence-electron chi connectivity index (χ0n) is 11.6. The van der Waals surface area contributed by atoms with Gasteiger partial charge in [-0.25, -0.2) is 0 Å². The maximum atomic E-state index is 11.7. The first kappa shape index (κ1) is 16.1. The summed E-state index contributed by atoms with van der Waals surface area (Å²) in [5.41, 5.74) is 0. The Morgan fingerprint density at radius 2 is 1.82 bits per heavy atom. The van der Waals surface area contributed by atoms with Crippen LogP contribution in [0.4, 0.5) is 0 Å². The molecule has 17 heavy (non-hydrogen) atoms. The van der Waals surface area contributed by atoms with Gasteiger partial charge in [0.05, 0.1) is 6.61 Å². The zero-order chi connectivity index (χ0) is 13.3. The van der Waals surface area contributed by atoms with Crippen molar-refractivity contribution >= 4 is 11.8 Å². The second kappa shape index (κ2) is 9.20. The topological polar surface area (TPSA) is 43.4 Å². The largest absolute Gasteiger partial charge is 0.465 e. The van der Waals surface area contributed by atoms with Crippen LogP contribution in [0.15, 0.2) is 0 Å². The summed E-state index contributed by atoms with van der Waals surface area (Å²) in [6.07, 6.45) is 4.27. The average molecular weight is 242 g/mol. The van der Waals surface area contributed by atoms with Crippen molar-refractivity contribution in [3.8, 4) is 0 Å². The van der Waals surface area contributed by atoms with Gasteiger partial charge in [0.1, 0.15) is 11.7 Å². The van der Waals surface area contributed by atoms with Crippen LogP contribution in [0, 0.1) is 11.8 Å². The van der Waals surface area contributed by atoms with E-state index < -0.39 is 5.92 Å². The SMILES string of the molecule is CCCCOC(=O)[C@@H](C)C(=O)CC[C@@H](C)CC. The van der Waals surface area contributed by atoms with E-state index >= 15 is 0 Å². The van der Waals surface area contributed by atoms with Crippen molar-refractivity contribution in [3.63, 3.8) is 0 Å². The molecule has 0 aromatic heterocycles. The normalized spacial score (nSPS) is 14.1. The first-order chi connectivity index (χ1) is 8.02. The molecule has 100 valence electrons. The highest BCUT2D eigenvalue weighted by atomic mass is 16.5.